The number of carbonyl (C=O) groups excluding carboxylic acids is 1. The lowest BCUT2D eigenvalue weighted by Gasteiger charge is -2.18. The minimum atomic E-state index is -1.32. The van der Waals surface area contributed by atoms with Crippen LogP contribution in [-0.2, 0) is 4.79 Å². The topological polar surface area (TPSA) is 62.2 Å². The molecule has 0 fully saturated rings. The number of aliphatic hydroxyl groups is 1. The Hall–Kier alpha value is -0.940. The predicted molar refractivity (Wildman–Crippen MR) is 59.8 cm³/mol. The van der Waals surface area contributed by atoms with E-state index in [-0.39, 0.29) is 11.8 Å². The largest absolute Gasteiger partial charge is 0.381 e. The van der Waals surface area contributed by atoms with Crippen molar-refractivity contribution in [2.75, 3.05) is 6.54 Å². The Morgan fingerprint density at radius 2 is 2.40 bits per heavy atom. The second-order valence-corrected chi connectivity index (χ2v) is 4.97. The molecule has 5 heteroatoms. The summed E-state index contributed by atoms with van der Waals surface area (Å²) in [6.45, 7) is 5.42. The summed E-state index contributed by atoms with van der Waals surface area (Å²) < 4.78 is 0. The van der Waals surface area contributed by atoms with Crippen LogP contribution in [0.3, 0.4) is 0 Å². The van der Waals surface area contributed by atoms with Gasteiger partial charge in [-0.05, 0) is 13.8 Å². The van der Waals surface area contributed by atoms with E-state index < -0.39 is 5.60 Å². The maximum absolute atomic E-state index is 11.4. The number of nitrogens with zero attached hydrogens (tertiary/aromatic N) is 1. The van der Waals surface area contributed by atoms with E-state index in [4.69, 9.17) is 0 Å². The van der Waals surface area contributed by atoms with E-state index in [0.29, 0.717) is 6.54 Å². The highest BCUT2D eigenvalue weighted by atomic mass is 32.1. The van der Waals surface area contributed by atoms with E-state index >= 15 is 0 Å². The van der Waals surface area contributed by atoms with E-state index in [9.17, 15) is 9.90 Å². The normalized spacial score (nSPS) is 13.6. The molecule has 0 saturated heterocycles. The molecule has 15 heavy (non-hydrogen) atoms. The summed E-state index contributed by atoms with van der Waals surface area (Å²) in [5.41, 5.74) is -1.32. The first-order valence-corrected chi connectivity index (χ1v) is 5.69. The van der Waals surface area contributed by atoms with Gasteiger partial charge in [0.25, 0.3) is 5.91 Å². The van der Waals surface area contributed by atoms with Gasteiger partial charge in [0, 0.05) is 24.0 Å². The number of thiazole rings is 1. The SMILES string of the molecule is CC(CNC(=O)C(C)(C)O)c1nccs1. The van der Waals surface area contributed by atoms with E-state index in [2.05, 4.69) is 10.3 Å². The van der Waals surface area contributed by atoms with Crippen molar-refractivity contribution in [2.24, 2.45) is 0 Å². The molecule has 1 rings (SSSR count). The Morgan fingerprint density at radius 1 is 1.73 bits per heavy atom. The average molecular weight is 228 g/mol. The van der Waals surface area contributed by atoms with Gasteiger partial charge in [0.05, 0.1) is 5.01 Å². The van der Waals surface area contributed by atoms with Crippen molar-refractivity contribution in [1.82, 2.24) is 10.3 Å². The molecule has 1 heterocycles. The zero-order valence-electron chi connectivity index (χ0n) is 9.15. The van der Waals surface area contributed by atoms with Gasteiger partial charge in [-0.3, -0.25) is 4.79 Å². The first-order chi connectivity index (χ1) is 6.91. The molecule has 1 aromatic rings. The third-order valence-electron chi connectivity index (χ3n) is 2.00. The fraction of sp³-hybridized carbons (Fsp3) is 0.600. The highest BCUT2D eigenvalue weighted by Crippen LogP contribution is 2.16. The standard InChI is InChI=1S/C10H16N2O2S/c1-7(8-11-4-5-15-8)6-12-9(13)10(2,3)14/h4-5,7,14H,6H2,1-3H3,(H,12,13). The van der Waals surface area contributed by atoms with Crippen LogP contribution in [0.2, 0.25) is 0 Å². The minimum absolute atomic E-state index is 0.177. The van der Waals surface area contributed by atoms with Crippen molar-refractivity contribution in [2.45, 2.75) is 32.3 Å². The first-order valence-electron chi connectivity index (χ1n) is 4.81. The molecule has 4 nitrogen and oxygen atoms in total. The highest BCUT2D eigenvalue weighted by molar-refractivity contribution is 7.09. The van der Waals surface area contributed by atoms with Gasteiger partial charge in [-0.15, -0.1) is 11.3 Å². The third-order valence-corrected chi connectivity index (χ3v) is 3.00. The summed E-state index contributed by atoms with van der Waals surface area (Å²) in [7, 11) is 0. The Balaban J connectivity index is 2.42. The molecule has 0 saturated carbocycles. The Labute approximate surface area is 93.4 Å². The second-order valence-electron chi connectivity index (χ2n) is 4.04. The number of carbonyl (C=O) groups is 1. The quantitative estimate of drug-likeness (QED) is 0.812. The molecule has 1 atom stereocenters. The van der Waals surface area contributed by atoms with Gasteiger partial charge in [0.2, 0.25) is 0 Å². The highest BCUT2D eigenvalue weighted by Gasteiger charge is 2.23. The summed E-state index contributed by atoms with van der Waals surface area (Å²) in [6, 6.07) is 0. The van der Waals surface area contributed by atoms with Crippen molar-refractivity contribution in [3.63, 3.8) is 0 Å². The first kappa shape index (κ1) is 12.1. The maximum atomic E-state index is 11.4. The molecule has 0 aliphatic heterocycles. The second kappa shape index (κ2) is 4.72. The number of hydrogen-bond donors (Lipinski definition) is 2. The molecule has 84 valence electrons. The monoisotopic (exact) mass is 228 g/mol. The van der Waals surface area contributed by atoms with Crippen LogP contribution in [0.25, 0.3) is 0 Å². The molecule has 0 aromatic carbocycles. The van der Waals surface area contributed by atoms with Crippen molar-refractivity contribution < 1.29 is 9.90 Å². The van der Waals surface area contributed by atoms with Gasteiger partial charge in [0.1, 0.15) is 5.60 Å². The number of aromatic nitrogens is 1. The van der Waals surface area contributed by atoms with Crippen LogP contribution in [0, 0.1) is 0 Å². The van der Waals surface area contributed by atoms with Crippen LogP contribution in [0.4, 0.5) is 0 Å². The van der Waals surface area contributed by atoms with Crippen molar-refractivity contribution >= 4 is 17.2 Å². The van der Waals surface area contributed by atoms with E-state index in [1.165, 1.54) is 13.8 Å². The van der Waals surface area contributed by atoms with Gasteiger partial charge in [-0.25, -0.2) is 4.98 Å². The van der Waals surface area contributed by atoms with Crippen molar-refractivity contribution in [3.05, 3.63) is 16.6 Å². The van der Waals surface area contributed by atoms with Gasteiger partial charge in [0.15, 0.2) is 0 Å². The van der Waals surface area contributed by atoms with Gasteiger partial charge in [-0.1, -0.05) is 6.92 Å². The van der Waals surface area contributed by atoms with Gasteiger partial charge >= 0.3 is 0 Å². The number of amides is 1. The van der Waals surface area contributed by atoms with Crippen LogP contribution in [0.1, 0.15) is 31.7 Å². The molecule has 1 aromatic heterocycles. The number of rotatable bonds is 4. The fourth-order valence-corrected chi connectivity index (χ4v) is 1.73. The molecule has 2 N–H and O–H groups in total. The van der Waals surface area contributed by atoms with E-state index in [0.717, 1.165) is 5.01 Å². The van der Waals surface area contributed by atoms with Gasteiger partial charge < -0.3 is 10.4 Å². The molecule has 0 aliphatic carbocycles. The minimum Gasteiger partial charge on any atom is -0.381 e. The zero-order chi connectivity index (χ0) is 11.5. The molecule has 1 unspecified atom stereocenters. The summed E-state index contributed by atoms with van der Waals surface area (Å²) in [5, 5.41) is 15.0. The lowest BCUT2D eigenvalue weighted by atomic mass is 10.1. The van der Waals surface area contributed by atoms with Crippen LogP contribution >= 0.6 is 11.3 Å². The summed E-state index contributed by atoms with van der Waals surface area (Å²) >= 11 is 1.57. The predicted octanol–water partition coefficient (Wildman–Crippen LogP) is 1.13. The number of nitrogens with one attached hydrogen (secondary N) is 1. The van der Waals surface area contributed by atoms with Crippen LogP contribution in [0.5, 0.6) is 0 Å². The number of hydrogen-bond acceptors (Lipinski definition) is 4. The molecule has 1 amide bonds. The summed E-state index contributed by atoms with van der Waals surface area (Å²) in [4.78, 5) is 15.5. The Morgan fingerprint density at radius 3 is 2.87 bits per heavy atom. The molecular weight excluding hydrogens is 212 g/mol. The average Bonchev–Trinajstić information content (AvgIpc) is 2.64. The molecule has 0 radical (unpaired) electrons. The molecular formula is C10H16N2O2S. The Bertz CT molecular complexity index is 317. The lowest BCUT2D eigenvalue weighted by Crippen LogP contribution is -2.43. The summed E-state index contributed by atoms with van der Waals surface area (Å²) in [5.74, 6) is -0.179. The van der Waals surface area contributed by atoms with Gasteiger partial charge in [-0.2, -0.15) is 0 Å². The summed E-state index contributed by atoms with van der Waals surface area (Å²) in [6.07, 6.45) is 1.74. The lowest BCUT2D eigenvalue weighted by molar-refractivity contribution is -0.136. The van der Waals surface area contributed by atoms with Crippen LogP contribution in [0.15, 0.2) is 11.6 Å². The maximum Gasteiger partial charge on any atom is 0.251 e. The third kappa shape index (κ3) is 3.60. The fourth-order valence-electron chi connectivity index (χ4n) is 1.03. The van der Waals surface area contributed by atoms with Crippen molar-refractivity contribution in [3.8, 4) is 0 Å². The Kier molecular flexibility index (Phi) is 3.82. The van der Waals surface area contributed by atoms with Crippen molar-refractivity contribution in [1.29, 1.82) is 0 Å². The molecule has 0 spiro atoms. The van der Waals surface area contributed by atoms with Crippen LogP contribution < -0.4 is 5.32 Å². The van der Waals surface area contributed by atoms with E-state index in [1.54, 1.807) is 17.5 Å². The molecule has 0 aliphatic rings. The van der Waals surface area contributed by atoms with E-state index in [1.807, 2.05) is 12.3 Å². The van der Waals surface area contributed by atoms with Crippen LogP contribution in [-0.4, -0.2) is 28.1 Å². The zero-order valence-corrected chi connectivity index (χ0v) is 9.97. The smallest absolute Gasteiger partial charge is 0.251 e. The molecule has 0 bridgehead atoms.